The molecule has 0 unspecified atom stereocenters. The number of methoxy groups -OCH3 is 1. The molecule has 0 radical (unpaired) electrons. The molecule has 6 nitrogen and oxygen atoms in total. The van der Waals surface area contributed by atoms with Crippen molar-refractivity contribution in [1.29, 1.82) is 0 Å². The maximum Gasteiger partial charge on any atom is 0.235 e. The molecule has 0 heterocycles. The predicted molar refractivity (Wildman–Crippen MR) is 70.8 cm³/mol. The highest BCUT2D eigenvalue weighted by molar-refractivity contribution is 7.88. The summed E-state index contributed by atoms with van der Waals surface area (Å²) in [7, 11) is -1.89. The predicted octanol–water partition coefficient (Wildman–Crippen LogP) is 0.0567. The van der Waals surface area contributed by atoms with Crippen LogP contribution in [0.1, 0.15) is 20.3 Å². The minimum Gasteiger partial charge on any atom is -0.383 e. The van der Waals surface area contributed by atoms with Gasteiger partial charge in [0.1, 0.15) is 0 Å². The molecule has 0 spiro atoms. The molecule has 0 fully saturated rings. The first-order valence-corrected chi connectivity index (χ1v) is 7.83. The first kappa shape index (κ1) is 17.3. The standard InChI is InChI=1S/C11H24N2O4S/c1-10(2)5-6-12-11(14)9-13(7-8-17-3)18(4,15)16/h10H,5-9H2,1-4H3,(H,12,14). The number of sulfonamides is 1. The molecular formula is C11H24N2O4S. The lowest BCUT2D eigenvalue weighted by molar-refractivity contribution is -0.121. The first-order chi connectivity index (χ1) is 8.27. The lowest BCUT2D eigenvalue weighted by Crippen LogP contribution is -2.42. The zero-order valence-electron chi connectivity index (χ0n) is 11.6. The summed E-state index contributed by atoms with van der Waals surface area (Å²) in [4.78, 5) is 11.6. The van der Waals surface area contributed by atoms with Crippen LogP contribution < -0.4 is 5.32 Å². The highest BCUT2D eigenvalue weighted by Crippen LogP contribution is 1.99. The van der Waals surface area contributed by atoms with E-state index in [1.807, 2.05) is 0 Å². The van der Waals surface area contributed by atoms with Gasteiger partial charge < -0.3 is 10.1 Å². The van der Waals surface area contributed by atoms with Crippen molar-refractivity contribution in [1.82, 2.24) is 9.62 Å². The smallest absolute Gasteiger partial charge is 0.235 e. The Bertz CT molecular complexity index is 341. The lowest BCUT2D eigenvalue weighted by atomic mass is 10.1. The van der Waals surface area contributed by atoms with Gasteiger partial charge in [-0.3, -0.25) is 4.79 Å². The molecule has 0 aromatic rings. The van der Waals surface area contributed by atoms with Gasteiger partial charge in [-0.25, -0.2) is 8.42 Å². The minimum atomic E-state index is -3.38. The summed E-state index contributed by atoms with van der Waals surface area (Å²) in [6.07, 6.45) is 1.97. The van der Waals surface area contributed by atoms with Crippen LogP contribution in [-0.4, -0.2) is 58.2 Å². The summed E-state index contributed by atoms with van der Waals surface area (Å²) in [6, 6.07) is 0. The zero-order chi connectivity index (χ0) is 14.2. The van der Waals surface area contributed by atoms with Crippen molar-refractivity contribution in [3.63, 3.8) is 0 Å². The Labute approximate surface area is 110 Å². The quantitative estimate of drug-likeness (QED) is 0.648. The SMILES string of the molecule is COCCN(CC(=O)NCCC(C)C)S(C)(=O)=O. The molecule has 108 valence electrons. The summed E-state index contributed by atoms with van der Waals surface area (Å²) >= 11 is 0. The monoisotopic (exact) mass is 280 g/mol. The summed E-state index contributed by atoms with van der Waals surface area (Å²) in [6.45, 7) is 5.00. The second-order valence-electron chi connectivity index (χ2n) is 4.62. The van der Waals surface area contributed by atoms with E-state index >= 15 is 0 Å². The molecule has 7 heteroatoms. The maximum absolute atomic E-state index is 11.6. The number of carbonyl (C=O) groups excluding carboxylic acids is 1. The van der Waals surface area contributed by atoms with Crippen molar-refractivity contribution in [3.8, 4) is 0 Å². The van der Waals surface area contributed by atoms with Crippen molar-refractivity contribution in [3.05, 3.63) is 0 Å². The van der Waals surface area contributed by atoms with Crippen molar-refractivity contribution in [2.75, 3.05) is 39.6 Å². The van der Waals surface area contributed by atoms with Gasteiger partial charge in [0.25, 0.3) is 0 Å². The van der Waals surface area contributed by atoms with E-state index in [4.69, 9.17) is 4.74 Å². The summed E-state index contributed by atoms with van der Waals surface area (Å²) < 4.78 is 28.8. The molecule has 0 aliphatic rings. The molecule has 0 atom stereocenters. The number of carbonyl (C=O) groups is 1. The topological polar surface area (TPSA) is 75.7 Å². The van der Waals surface area contributed by atoms with Crippen molar-refractivity contribution in [2.24, 2.45) is 5.92 Å². The molecule has 0 aliphatic heterocycles. The largest absolute Gasteiger partial charge is 0.383 e. The Hall–Kier alpha value is -0.660. The molecule has 18 heavy (non-hydrogen) atoms. The Morgan fingerprint density at radius 3 is 2.44 bits per heavy atom. The van der Waals surface area contributed by atoms with Crippen LogP contribution in [0.3, 0.4) is 0 Å². The summed E-state index contributed by atoms with van der Waals surface area (Å²) in [5.41, 5.74) is 0. The Morgan fingerprint density at radius 1 is 1.39 bits per heavy atom. The fourth-order valence-electron chi connectivity index (χ4n) is 1.27. The normalized spacial score (nSPS) is 12.1. The number of amides is 1. The van der Waals surface area contributed by atoms with E-state index in [0.29, 0.717) is 12.5 Å². The third-order valence-electron chi connectivity index (χ3n) is 2.38. The van der Waals surface area contributed by atoms with Crippen LogP contribution in [0.15, 0.2) is 0 Å². The number of nitrogens with one attached hydrogen (secondary N) is 1. The van der Waals surface area contributed by atoms with Gasteiger partial charge in [-0.1, -0.05) is 13.8 Å². The molecule has 0 rings (SSSR count). The van der Waals surface area contributed by atoms with Gasteiger partial charge in [-0.05, 0) is 12.3 Å². The van der Waals surface area contributed by atoms with Crippen molar-refractivity contribution < 1.29 is 17.9 Å². The van der Waals surface area contributed by atoms with Crippen molar-refractivity contribution >= 4 is 15.9 Å². The van der Waals surface area contributed by atoms with E-state index in [2.05, 4.69) is 19.2 Å². The van der Waals surface area contributed by atoms with Crippen molar-refractivity contribution in [2.45, 2.75) is 20.3 Å². The van der Waals surface area contributed by atoms with Crippen LogP contribution in [0.2, 0.25) is 0 Å². The molecule has 0 bridgehead atoms. The first-order valence-electron chi connectivity index (χ1n) is 5.98. The van der Waals surface area contributed by atoms with Crippen LogP contribution >= 0.6 is 0 Å². The van der Waals surface area contributed by atoms with Gasteiger partial charge in [0.2, 0.25) is 15.9 Å². The molecular weight excluding hydrogens is 256 g/mol. The van der Waals surface area contributed by atoms with Crippen LogP contribution in [0.5, 0.6) is 0 Å². The van der Waals surface area contributed by atoms with Gasteiger partial charge in [0, 0.05) is 20.2 Å². The zero-order valence-corrected chi connectivity index (χ0v) is 12.4. The van der Waals surface area contributed by atoms with E-state index < -0.39 is 10.0 Å². The second kappa shape index (κ2) is 8.44. The molecule has 0 aliphatic carbocycles. The number of rotatable bonds is 9. The molecule has 0 aromatic carbocycles. The lowest BCUT2D eigenvalue weighted by Gasteiger charge is -2.19. The number of ether oxygens (including phenoxy) is 1. The van der Waals surface area contributed by atoms with Crippen LogP contribution in [0.25, 0.3) is 0 Å². The molecule has 0 saturated heterocycles. The van der Waals surface area contributed by atoms with Gasteiger partial charge in [0.15, 0.2) is 0 Å². The maximum atomic E-state index is 11.6. The Balaban J connectivity index is 4.19. The Morgan fingerprint density at radius 2 is 2.00 bits per heavy atom. The molecule has 1 N–H and O–H groups in total. The van der Waals surface area contributed by atoms with E-state index in [1.165, 1.54) is 7.11 Å². The fourth-order valence-corrected chi connectivity index (χ4v) is 2.03. The number of hydrogen-bond acceptors (Lipinski definition) is 4. The Kier molecular flexibility index (Phi) is 8.13. The number of hydrogen-bond donors (Lipinski definition) is 1. The fraction of sp³-hybridized carbons (Fsp3) is 0.909. The van der Waals surface area contributed by atoms with E-state index in [1.54, 1.807) is 0 Å². The minimum absolute atomic E-state index is 0.152. The van der Waals surface area contributed by atoms with Gasteiger partial charge in [-0.15, -0.1) is 0 Å². The van der Waals surface area contributed by atoms with E-state index in [0.717, 1.165) is 17.0 Å². The average molecular weight is 280 g/mol. The third-order valence-corrected chi connectivity index (χ3v) is 3.63. The van der Waals surface area contributed by atoms with Gasteiger partial charge >= 0.3 is 0 Å². The van der Waals surface area contributed by atoms with Gasteiger partial charge in [0.05, 0.1) is 19.4 Å². The molecule has 1 amide bonds. The second-order valence-corrected chi connectivity index (χ2v) is 6.60. The highest BCUT2D eigenvalue weighted by atomic mass is 32.2. The highest BCUT2D eigenvalue weighted by Gasteiger charge is 2.19. The third kappa shape index (κ3) is 8.43. The average Bonchev–Trinajstić information content (AvgIpc) is 2.22. The molecule has 0 saturated carbocycles. The van der Waals surface area contributed by atoms with E-state index in [-0.39, 0.29) is 25.6 Å². The van der Waals surface area contributed by atoms with E-state index in [9.17, 15) is 13.2 Å². The summed E-state index contributed by atoms with van der Waals surface area (Å²) in [5, 5.41) is 2.71. The summed E-state index contributed by atoms with van der Waals surface area (Å²) in [5.74, 6) is 0.224. The number of nitrogens with zero attached hydrogens (tertiary/aromatic N) is 1. The van der Waals surface area contributed by atoms with Gasteiger partial charge in [-0.2, -0.15) is 4.31 Å². The molecule has 0 aromatic heterocycles. The van der Waals surface area contributed by atoms with Crippen LogP contribution in [-0.2, 0) is 19.6 Å². The van der Waals surface area contributed by atoms with Crippen LogP contribution in [0, 0.1) is 5.92 Å². The van der Waals surface area contributed by atoms with Crippen LogP contribution in [0.4, 0.5) is 0 Å².